The van der Waals surface area contributed by atoms with Crippen LogP contribution in [0.3, 0.4) is 0 Å². The molecule has 1 N–H and O–H groups in total. The second-order valence-corrected chi connectivity index (χ2v) is 7.09. The van der Waals surface area contributed by atoms with Gasteiger partial charge in [0, 0.05) is 46.4 Å². The van der Waals surface area contributed by atoms with E-state index < -0.39 is 0 Å². The molecule has 2 saturated heterocycles. The van der Waals surface area contributed by atoms with Gasteiger partial charge in [0.15, 0.2) is 5.96 Å². The first-order valence-corrected chi connectivity index (χ1v) is 8.24. The topological polar surface area (TPSA) is 40.1 Å². The van der Waals surface area contributed by atoms with E-state index in [0.29, 0.717) is 11.5 Å². The molecule has 0 aromatic carbocycles. The maximum atomic E-state index is 5.21. The van der Waals surface area contributed by atoms with E-state index in [1.165, 1.54) is 25.8 Å². The lowest BCUT2D eigenvalue weighted by molar-refractivity contribution is 0.141. The van der Waals surface area contributed by atoms with E-state index in [1.54, 1.807) is 7.11 Å². The van der Waals surface area contributed by atoms with Crippen LogP contribution in [0.25, 0.3) is 0 Å². The number of rotatable bonds is 5. The van der Waals surface area contributed by atoms with Gasteiger partial charge in [-0.2, -0.15) is 0 Å². The molecule has 1 unspecified atom stereocenters. The molecule has 2 fully saturated rings. The molecular weight excluding hydrogens is 264 g/mol. The molecule has 0 aliphatic carbocycles. The van der Waals surface area contributed by atoms with Crippen LogP contribution in [0.1, 0.15) is 33.1 Å². The molecule has 21 heavy (non-hydrogen) atoms. The van der Waals surface area contributed by atoms with E-state index in [4.69, 9.17) is 4.74 Å². The van der Waals surface area contributed by atoms with Crippen LogP contribution in [0, 0.1) is 5.41 Å². The van der Waals surface area contributed by atoms with Crippen molar-refractivity contribution in [3.05, 3.63) is 0 Å². The number of methoxy groups -OCH3 is 1. The molecule has 2 rings (SSSR count). The van der Waals surface area contributed by atoms with Gasteiger partial charge in [-0.05, 0) is 31.2 Å². The zero-order valence-electron chi connectivity index (χ0n) is 14.2. The molecule has 2 aliphatic rings. The number of ether oxygens (including phenoxy) is 1. The Hall–Kier alpha value is -0.810. The molecule has 5 nitrogen and oxygen atoms in total. The van der Waals surface area contributed by atoms with Crippen LogP contribution in [0.15, 0.2) is 4.99 Å². The summed E-state index contributed by atoms with van der Waals surface area (Å²) in [4.78, 5) is 9.41. The summed E-state index contributed by atoms with van der Waals surface area (Å²) in [6, 6.07) is 0.618. The predicted octanol–water partition coefficient (Wildman–Crippen LogP) is 1.40. The lowest BCUT2D eigenvalue weighted by Crippen LogP contribution is -2.46. The van der Waals surface area contributed by atoms with E-state index in [-0.39, 0.29) is 0 Å². The van der Waals surface area contributed by atoms with Crippen LogP contribution >= 0.6 is 0 Å². The standard InChI is InChI=1S/C16H32N4O/c1-16(2)7-9-20(13-16)15(17-3)18-12-14-6-5-8-19(14)10-11-21-4/h14H,5-13H2,1-4H3,(H,17,18). The highest BCUT2D eigenvalue weighted by Gasteiger charge is 2.31. The lowest BCUT2D eigenvalue weighted by Gasteiger charge is -2.28. The van der Waals surface area contributed by atoms with Crippen LogP contribution in [-0.2, 0) is 4.74 Å². The summed E-state index contributed by atoms with van der Waals surface area (Å²) in [7, 11) is 3.67. The first-order chi connectivity index (χ1) is 10.1. The van der Waals surface area contributed by atoms with Crippen LogP contribution < -0.4 is 5.32 Å². The number of hydrogen-bond donors (Lipinski definition) is 1. The first kappa shape index (κ1) is 16.6. The van der Waals surface area contributed by atoms with Crippen LogP contribution in [0.5, 0.6) is 0 Å². The van der Waals surface area contributed by atoms with Gasteiger partial charge in [-0.3, -0.25) is 9.89 Å². The van der Waals surface area contributed by atoms with Crippen molar-refractivity contribution in [2.75, 3.05) is 53.5 Å². The van der Waals surface area contributed by atoms with E-state index in [9.17, 15) is 0 Å². The maximum Gasteiger partial charge on any atom is 0.193 e. The molecule has 0 radical (unpaired) electrons. The maximum absolute atomic E-state index is 5.21. The Labute approximate surface area is 129 Å². The monoisotopic (exact) mass is 296 g/mol. The molecule has 1 atom stereocenters. The van der Waals surface area contributed by atoms with Crippen molar-refractivity contribution in [2.45, 2.75) is 39.2 Å². The third kappa shape index (κ3) is 4.58. The Bertz CT molecular complexity index is 356. The van der Waals surface area contributed by atoms with E-state index in [2.05, 4.69) is 34.0 Å². The Morgan fingerprint density at radius 1 is 1.38 bits per heavy atom. The summed E-state index contributed by atoms with van der Waals surface area (Å²) >= 11 is 0. The van der Waals surface area contributed by atoms with Crippen LogP contribution in [0.2, 0.25) is 0 Å². The second kappa shape index (κ2) is 7.45. The number of nitrogens with zero attached hydrogens (tertiary/aromatic N) is 3. The molecule has 0 spiro atoms. The summed E-state index contributed by atoms with van der Waals surface area (Å²) in [5.41, 5.74) is 0.412. The molecule has 0 amide bonds. The third-order valence-corrected chi connectivity index (χ3v) is 4.77. The number of nitrogens with one attached hydrogen (secondary N) is 1. The van der Waals surface area contributed by atoms with Gasteiger partial charge in [0.1, 0.15) is 0 Å². The van der Waals surface area contributed by atoms with Crippen molar-refractivity contribution in [3.63, 3.8) is 0 Å². The predicted molar refractivity (Wildman–Crippen MR) is 87.8 cm³/mol. The van der Waals surface area contributed by atoms with Crippen LogP contribution in [0.4, 0.5) is 0 Å². The van der Waals surface area contributed by atoms with Crippen molar-refractivity contribution in [1.29, 1.82) is 0 Å². The minimum absolute atomic E-state index is 0.412. The first-order valence-electron chi connectivity index (χ1n) is 8.24. The fourth-order valence-corrected chi connectivity index (χ4v) is 3.46. The van der Waals surface area contributed by atoms with Gasteiger partial charge in [-0.25, -0.2) is 0 Å². The Kier molecular flexibility index (Phi) is 5.88. The number of likely N-dealkylation sites (tertiary alicyclic amines) is 2. The molecule has 5 heteroatoms. The molecule has 0 aromatic heterocycles. The van der Waals surface area contributed by atoms with Crippen molar-refractivity contribution in [2.24, 2.45) is 10.4 Å². The Morgan fingerprint density at radius 3 is 2.81 bits per heavy atom. The third-order valence-electron chi connectivity index (χ3n) is 4.77. The summed E-state index contributed by atoms with van der Waals surface area (Å²) in [5, 5.41) is 3.59. The van der Waals surface area contributed by atoms with Gasteiger partial charge in [0.25, 0.3) is 0 Å². The molecule has 2 aliphatic heterocycles. The smallest absolute Gasteiger partial charge is 0.193 e. The molecule has 122 valence electrons. The number of guanidine groups is 1. The fourth-order valence-electron chi connectivity index (χ4n) is 3.46. The minimum atomic E-state index is 0.412. The highest BCUT2D eigenvalue weighted by molar-refractivity contribution is 5.80. The highest BCUT2D eigenvalue weighted by Crippen LogP contribution is 2.28. The van der Waals surface area contributed by atoms with E-state index in [1.807, 2.05) is 7.05 Å². The summed E-state index contributed by atoms with van der Waals surface area (Å²) in [5.74, 6) is 1.07. The summed E-state index contributed by atoms with van der Waals surface area (Å²) < 4.78 is 5.21. The van der Waals surface area contributed by atoms with Gasteiger partial charge in [-0.15, -0.1) is 0 Å². The average molecular weight is 296 g/mol. The Morgan fingerprint density at radius 2 is 2.19 bits per heavy atom. The van der Waals surface area contributed by atoms with Gasteiger partial charge in [0.05, 0.1) is 6.61 Å². The van der Waals surface area contributed by atoms with E-state index in [0.717, 1.165) is 38.7 Å². The molecule has 0 saturated carbocycles. The number of hydrogen-bond acceptors (Lipinski definition) is 3. The van der Waals surface area contributed by atoms with Gasteiger partial charge < -0.3 is 15.0 Å². The normalized spacial score (nSPS) is 26.6. The summed E-state index contributed by atoms with van der Waals surface area (Å²) in [6.07, 6.45) is 3.82. The SMILES string of the molecule is CN=C(NCC1CCCN1CCOC)N1CCC(C)(C)C1. The van der Waals surface area contributed by atoms with Gasteiger partial charge in [0.2, 0.25) is 0 Å². The molecular formula is C16H32N4O. The molecule has 2 heterocycles. The zero-order valence-corrected chi connectivity index (χ0v) is 14.2. The molecule has 0 bridgehead atoms. The molecule has 0 aromatic rings. The fraction of sp³-hybridized carbons (Fsp3) is 0.938. The minimum Gasteiger partial charge on any atom is -0.383 e. The van der Waals surface area contributed by atoms with Gasteiger partial charge >= 0.3 is 0 Å². The zero-order chi connectivity index (χ0) is 15.3. The van der Waals surface area contributed by atoms with Crippen molar-refractivity contribution in [3.8, 4) is 0 Å². The van der Waals surface area contributed by atoms with Crippen LogP contribution in [-0.4, -0.2) is 75.3 Å². The Balaban J connectivity index is 1.80. The van der Waals surface area contributed by atoms with Crippen molar-refractivity contribution < 1.29 is 4.74 Å². The van der Waals surface area contributed by atoms with E-state index >= 15 is 0 Å². The quantitative estimate of drug-likeness (QED) is 0.615. The average Bonchev–Trinajstić information content (AvgIpc) is 3.04. The van der Waals surface area contributed by atoms with Gasteiger partial charge in [-0.1, -0.05) is 13.8 Å². The number of aliphatic imine (C=N–C) groups is 1. The highest BCUT2D eigenvalue weighted by atomic mass is 16.5. The second-order valence-electron chi connectivity index (χ2n) is 7.09. The largest absolute Gasteiger partial charge is 0.383 e. The lowest BCUT2D eigenvalue weighted by atomic mass is 9.93. The van der Waals surface area contributed by atoms with Crippen molar-refractivity contribution in [1.82, 2.24) is 15.1 Å². The van der Waals surface area contributed by atoms with Crippen molar-refractivity contribution >= 4 is 5.96 Å². The summed E-state index contributed by atoms with van der Waals surface area (Å²) in [6.45, 7) is 10.9.